The summed E-state index contributed by atoms with van der Waals surface area (Å²) < 4.78 is 5.24. The molecule has 0 radical (unpaired) electrons. The van der Waals surface area contributed by atoms with Gasteiger partial charge in [0.2, 0.25) is 0 Å². The maximum Gasteiger partial charge on any atom is 0.269 e. The molecule has 1 N–H and O–H groups in total. The second-order valence-electron chi connectivity index (χ2n) is 3.86. The molecule has 1 heterocycles. The van der Waals surface area contributed by atoms with Gasteiger partial charge in [-0.1, -0.05) is 12.1 Å². The van der Waals surface area contributed by atoms with Crippen molar-refractivity contribution in [2.45, 2.75) is 19.0 Å². The highest BCUT2D eigenvalue weighted by Crippen LogP contribution is 2.12. The molecule has 86 valence electrons. The summed E-state index contributed by atoms with van der Waals surface area (Å²) in [4.78, 5) is 10.1. The number of nitro benzene ring substituents is 1. The Bertz CT molecular complexity index is 358. The van der Waals surface area contributed by atoms with Crippen LogP contribution >= 0.6 is 0 Å². The third kappa shape index (κ3) is 2.77. The lowest BCUT2D eigenvalue weighted by molar-refractivity contribution is -0.384. The summed E-state index contributed by atoms with van der Waals surface area (Å²) in [5.74, 6) is 0. The summed E-state index contributed by atoms with van der Waals surface area (Å²) >= 11 is 0. The minimum absolute atomic E-state index is 0.132. The Kier molecular flexibility index (Phi) is 3.48. The van der Waals surface area contributed by atoms with Crippen LogP contribution in [0.3, 0.4) is 0 Å². The number of ether oxygens (including phenoxy) is 1. The van der Waals surface area contributed by atoms with Gasteiger partial charge in [0.1, 0.15) is 0 Å². The van der Waals surface area contributed by atoms with Crippen LogP contribution in [0.15, 0.2) is 24.3 Å². The zero-order valence-electron chi connectivity index (χ0n) is 8.89. The van der Waals surface area contributed by atoms with E-state index in [0.29, 0.717) is 6.04 Å². The van der Waals surface area contributed by atoms with Crippen molar-refractivity contribution in [3.8, 4) is 0 Å². The number of hydrogen-bond donors (Lipinski definition) is 1. The molecule has 0 aromatic heterocycles. The van der Waals surface area contributed by atoms with Gasteiger partial charge in [0.15, 0.2) is 0 Å². The molecule has 0 unspecified atom stereocenters. The standard InChI is InChI=1S/C11H14N2O3/c14-13(15)11-3-1-9(2-4-11)7-12-10-5-6-16-8-10/h1-4,10,12H,5-8H2/t10-/m0/s1. The van der Waals surface area contributed by atoms with Gasteiger partial charge in [0.05, 0.1) is 11.5 Å². The summed E-state index contributed by atoms with van der Waals surface area (Å²) in [7, 11) is 0. The Morgan fingerprint density at radius 2 is 2.19 bits per heavy atom. The molecule has 1 saturated heterocycles. The number of nitrogens with zero attached hydrogens (tertiary/aromatic N) is 1. The lowest BCUT2D eigenvalue weighted by atomic mass is 10.2. The van der Waals surface area contributed by atoms with E-state index in [1.54, 1.807) is 12.1 Å². The minimum Gasteiger partial charge on any atom is -0.380 e. The van der Waals surface area contributed by atoms with Crippen molar-refractivity contribution in [3.63, 3.8) is 0 Å². The first-order chi connectivity index (χ1) is 7.75. The highest BCUT2D eigenvalue weighted by molar-refractivity contribution is 5.32. The van der Waals surface area contributed by atoms with E-state index in [1.165, 1.54) is 12.1 Å². The van der Waals surface area contributed by atoms with Crippen molar-refractivity contribution in [1.29, 1.82) is 0 Å². The average molecular weight is 222 g/mol. The molecule has 1 atom stereocenters. The quantitative estimate of drug-likeness (QED) is 0.619. The topological polar surface area (TPSA) is 64.4 Å². The smallest absolute Gasteiger partial charge is 0.269 e. The second kappa shape index (κ2) is 5.05. The van der Waals surface area contributed by atoms with Gasteiger partial charge in [-0.25, -0.2) is 0 Å². The van der Waals surface area contributed by atoms with Gasteiger partial charge in [0, 0.05) is 31.3 Å². The number of benzene rings is 1. The predicted octanol–water partition coefficient (Wildman–Crippen LogP) is 1.47. The zero-order chi connectivity index (χ0) is 11.4. The van der Waals surface area contributed by atoms with Crippen LogP contribution in [-0.2, 0) is 11.3 Å². The first-order valence-electron chi connectivity index (χ1n) is 5.30. The minimum atomic E-state index is -0.387. The van der Waals surface area contributed by atoms with Gasteiger partial charge >= 0.3 is 0 Å². The largest absolute Gasteiger partial charge is 0.380 e. The lowest BCUT2D eigenvalue weighted by Crippen LogP contribution is -2.28. The highest BCUT2D eigenvalue weighted by Gasteiger charge is 2.14. The molecule has 1 aliphatic heterocycles. The number of non-ortho nitro benzene ring substituents is 1. The Balaban J connectivity index is 1.87. The van der Waals surface area contributed by atoms with Crippen LogP contribution in [0.4, 0.5) is 5.69 Å². The first kappa shape index (κ1) is 11.0. The summed E-state index contributed by atoms with van der Waals surface area (Å²) in [5, 5.41) is 13.8. The number of nitrogens with one attached hydrogen (secondary N) is 1. The van der Waals surface area contributed by atoms with Crippen LogP contribution in [0.5, 0.6) is 0 Å². The molecule has 0 spiro atoms. The Morgan fingerprint density at radius 3 is 2.75 bits per heavy atom. The average Bonchev–Trinajstić information content (AvgIpc) is 2.80. The van der Waals surface area contributed by atoms with Crippen molar-refractivity contribution in [3.05, 3.63) is 39.9 Å². The van der Waals surface area contributed by atoms with Gasteiger partial charge in [-0.2, -0.15) is 0 Å². The summed E-state index contributed by atoms with van der Waals surface area (Å²) in [5.41, 5.74) is 1.19. The third-order valence-electron chi connectivity index (χ3n) is 2.67. The van der Waals surface area contributed by atoms with E-state index in [0.717, 1.165) is 31.7 Å². The van der Waals surface area contributed by atoms with Crippen LogP contribution in [0.2, 0.25) is 0 Å². The molecular formula is C11H14N2O3. The van der Waals surface area contributed by atoms with E-state index in [9.17, 15) is 10.1 Å². The highest BCUT2D eigenvalue weighted by atomic mass is 16.6. The van der Waals surface area contributed by atoms with E-state index in [1.807, 2.05) is 0 Å². The maximum atomic E-state index is 10.5. The molecular weight excluding hydrogens is 208 g/mol. The third-order valence-corrected chi connectivity index (χ3v) is 2.67. The van der Waals surface area contributed by atoms with Gasteiger partial charge in [0.25, 0.3) is 5.69 Å². The molecule has 1 aliphatic rings. The molecule has 0 amide bonds. The zero-order valence-corrected chi connectivity index (χ0v) is 8.89. The molecule has 2 rings (SSSR count). The van der Waals surface area contributed by atoms with Crippen LogP contribution in [-0.4, -0.2) is 24.2 Å². The molecule has 1 fully saturated rings. The van der Waals surface area contributed by atoms with E-state index >= 15 is 0 Å². The number of nitro groups is 1. The van der Waals surface area contributed by atoms with Crippen molar-refractivity contribution in [2.75, 3.05) is 13.2 Å². The predicted molar refractivity (Wildman–Crippen MR) is 59.2 cm³/mol. The van der Waals surface area contributed by atoms with Gasteiger partial charge in [-0.05, 0) is 12.0 Å². The van der Waals surface area contributed by atoms with E-state index in [2.05, 4.69) is 5.32 Å². The molecule has 1 aromatic rings. The number of hydrogen-bond acceptors (Lipinski definition) is 4. The maximum absolute atomic E-state index is 10.5. The van der Waals surface area contributed by atoms with Crippen LogP contribution in [0, 0.1) is 10.1 Å². The SMILES string of the molecule is O=[N+]([O-])c1ccc(CN[C@H]2CCOC2)cc1. The Labute approximate surface area is 93.6 Å². The van der Waals surface area contributed by atoms with Crippen molar-refractivity contribution in [1.82, 2.24) is 5.32 Å². The summed E-state index contributed by atoms with van der Waals surface area (Å²) in [6.45, 7) is 2.30. The monoisotopic (exact) mass is 222 g/mol. The number of rotatable bonds is 4. The first-order valence-corrected chi connectivity index (χ1v) is 5.30. The van der Waals surface area contributed by atoms with Crippen molar-refractivity contribution < 1.29 is 9.66 Å². The molecule has 0 saturated carbocycles. The molecule has 16 heavy (non-hydrogen) atoms. The van der Waals surface area contributed by atoms with Gasteiger partial charge < -0.3 is 10.1 Å². The van der Waals surface area contributed by atoms with E-state index < -0.39 is 0 Å². The molecule has 0 bridgehead atoms. The van der Waals surface area contributed by atoms with Crippen molar-refractivity contribution >= 4 is 5.69 Å². The Hall–Kier alpha value is -1.46. The van der Waals surface area contributed by atoms with Crippen LogP contribution in [0.1, 0.15) is 12.0 Å². The molecule has 1 aromatic carbocycles. The summed E-state index contributed by atoms with van der Waals surface area (Å²) in [6.07, 6.45) is 1.03. The molecule has 5 heteroatoms. The second-order valence-corrected chi connectivity index (χ2v) is 3.86. The fourth-order valence-electron chi connectivity index (χ4n) is 1.69. The Morgan fingerprint density at radius 1 is 1.44 bits per heavy atom. The van der Waals surface area contributed by atoms with E-state index in [4.69, 9.17) is 4.74 Å². The van der Waals surface area contributed by atoms with Crippen molar-refractivity contribution in [2.24, 2.45) is 0 Å². The van der Waals surface area contributed by atoms with Crippen LogP contribution < -0.4 is 5.32 Å². The molecule has 5 nitrogen and oxygen atoms in total. The fourth-order valence-corrected chi connectivity index (χ4v) is 1.69. The van der Waals surface area contributed by atoms with Gasteiger partial charge in [-0.3, -0.25) is 10.1 Å². The molecule has 0 aliphatic carbocycles. The van der Waals surface area contributed by atoms with Gasteiger partial charge in [-0.15, -0.1) is 0 Å². The summed E-state index contributed by atoms with van der Waals surface area (Å²) in [6, 6.07) is 7.03. The van der Waals surface area contributed by atoms with E-state index in [-0.39, 0.29) is 10.6 Å². The lowest BCUT2D eigenvalue weighted by Gasteiger charge is -2.09. The fraction of sp³-hybridized carbons (Fsp3) is 0.455. The van der Waals surface area contributed by atoms with Crippen LogP contribution in [0.25, 0.3) is 0 Å². The normalized spacial score (nSPS) is 19.9.